The molecule has 7 heteroatoms. The fraction of sp³-hybridized carbons (Fsp3) is 0.0566. The first kappa shape index (κ1) is 36.5. The van der Waals surface area contributed by atoms with Crippen LogP contribution in [-0.2, 0) is 6.18 Å². The molecule has 286 valence electrons. The summed E-state index contributed by atoms with van der Waals surface area (Å²) in [7, 11) is 0. The predicted octanol–water partition coefficient (Wildman–Crippen LogP) is 14.3. The summed E-state index contributed by atoms with van der Waals surface area (Å²) in [5.41, 5.74) is 9.92. The van der Waals surface area contributed by atoms with Crippen LogP contribution in [0.1, 0.15) is 27.8 Å². The summed E-state index contributed by atoms with van der Waals surface area (Å²) < 4.78 is 49.0. The third-order valence-corrected chi connectivity index (χ3v) is 11.6. The van der Waals surface area contributed by atoms with E-state index in [0.29, 0.717) is 11.4 Å². The second-order valence-electron chi connectivity index (χ2n) is 15.3. The molecule has 0 N–H and O–H groups in total. The zero-order valence-corrected chi connectivity index (χ0v) is 32.5. The molecule has 0 atom stereocenters. The minimum Gasteiger partial charge on any atom is -0.308 e. The van der Waals surface area contributed by atoms with E-state index in [1.54, 1.807) is 12.1 Å². The molecule has 0 bridgehead atoms. The molecule has 8 aromatic carbocycles. The molecule has 10 aromatic rings. The summed E-state index contributed by atoms with van der Waals surface area (Å²) in [6.45, 7) is 4.10. The van der Waals surface area contributed by atoms with E-state index in [1.165, 1.54) is 12.1 Å². The van der Waals surface area contributed by atoms with Gasteiger partial charge in [-0.25, -0.2) is 0 Å². The van der Waals surface area contributed by atoms with Gasteiger partial charge in [0.15, 0.2) is 0 Å². The van der Waals surface area contributed by atoms with Crippen molar-refractivity contribution >= 4 is 43.6 Å². The van der Waals surface area contributed by atoms with Crippen molar-refractivity contribution in [1.29, 1.82) is 10.5 Å². The van der Waals surface area contributed by atoms with Gasteiger partial charge < -0.3 is 9.13 Å². The van der Waals surface area contributed by atoms with E-state index in [4.69, 9.17) is 0 Å². The Bertz CT molecular complexity index is 3260. The van der Waals surface area contributed by atoms with Crippen molar-refractivity contribution in [3.63, 3.8) is 0 Å². The van der Waals surface area contributed by atoms with E-state index in [-0.39, 0.29) is 22.3 Å². The summed E-state index contributed by atoms with van der Waals surface area (Å²) >= 11 is 0. The summed E-state index contributed by atoms with van der Waals surface area (Å²) in [6, 6.07) is 56.3. The van der Waals surface area contributed by atoms with Crippen LogP contribution in [0.3, 0.4) is 0 Å². The largest absolute Gasteiger partial charge is 0.417 e. The number of fused-ring (bicyclic) bond motifs is 6. The van der Waals surface area contributed by atoms with E-state index in [2.05, 4.69) is 66.7 Å². The molecule has 0 spiro atoms. The molecule has 0 saturated heterocycles. The molecule has 0 fully saturated rings. The van der Waals surface area contributed by atoms with Crippen molar-refractivity contribution < 1.29 is 13.2 Å². The molecule has 0 radical (unpaired) electrons. The molecule has 0 amide bonds. The van der Waals surface area contributed by atoms with Gasteiger partial charge in [-0.1, -0.05) is 114 Å². The van der Waals surface area contributed by atoms with Gasteiger partial charge >= 0.3 is 6.18 Å². The van der Waals surface area contributed by atoms with Crippen molar-refractivity contribution in [3.05, 3.63) is 192 Å². The lowest BCUT2D eigenvalue weighted by Crippen LogP contribution is -2.09. The number of hydrogen-bond donors (Lipinski definition) is 0. The molecule has 0 aliphatic carbocycles. The maximum atomic E-state index is 15.0. The van der Waals surface area contributed by atoms with E-state index in [0.717, 1.165) is 83.1 Å². The summed E-state index contributed by atoms with van der Waals surface area (Å²) in [4.78, 5) is 0. The quantitative estimate of drug-likeness (QED) is 0.175. The Morgan fingerprint density at radius 1 is 0.433 bits per heavy atom. The highest BCUT2D eigenvalue weighted by atomic mass is 19.4. The molecular weight excluding hydrogens is 750 g/mol. The second-order valence-corrected chi connectivity index (χ2v) is 15.3. The molecule has 2 aromatic heterocycles. The minimum atomic E-state index is -4.77. The summed E-state index contributed by atoms with van der Waals surface area (Å²) in [5, 5.41) is 24.7. The van der Waals surface area contributed by atoms with Crippen LogP contribution in [0.4, 0.5) is 13.2 Å². The van der Waals surface area contributed by atoms with Crippen LogP contribution in [0.25, 0.3) is 88.4 Å². The van der Waals surface area contributed by atoms with Gasteiger partial charge in [-0.15, -0.1) is 0 Å². The maximum Gasteiger partial charge on any atom is 0.417 e. The van der Waals surface area contributed by atoms with Crippen LogP contribution in [0.5, 0.6) is 0 Å². The highest BCUT2D eigenvalue weighted by Crippen LogP contribution is 2.44. The number of rotatable bonds is 5. The number of benzene rings is 8. The Kier molecular flexibility index (Phi) is 8.45. The Labute approximate surface area is 343 Å². The van der Waals surface area contributed by atoms with Crippen LogP contribution >= 0.6 is 0 Å². The van der Waals surface area contributed by atoms with Crippen molar-refractivity contribution in [2.24, 2.45) is 0 Å². The van der Waals surface area contributed by atoms with Gasteiger partial charge in [0.1, 0.15) is 11.6 Å². The normalized spacial score (nSPS) is 11.7. The van der Waals surface area contributed by atoms with Gasteiger partial charge in [0.25, 0.3) is 0 Å². The fourth-order valence-electron chi connectivity index (χ4n) is 8.65. The van der Waals surface area contributed by atoms with E-state index in [9.17, 15) is 10.5 Å². The Morgan fingerprint density at radius 2 is 0.883 bits per heavy atom. The van der Waals surface area contributed by atoms with Gasteiger partial charge in [0.05, 0.1) is 50.6 Å². The van der Waals surface area contributed by atoms with E-state index in [1.807, 2.05) is 102 Å². The topological polar surface area (TPSA) is 57.4 Å². The van der Waals surface area contributed by atoms with Crippen LogP contribution in [0.15, 0.2) is 164 Å². The Morgan fingerprint density at radius 3 is 1.33 bits per heavy atom. The molecular formula is C53H33F3N4. The number of alkyl halides is 3. The molecule has 60 heavy (non-hydrogen) atoms. The number of hydrogen-bond acceptors (Lipinski definition) is 2. The maximum absolute atomic E-state index is 15.0. The first-order valence-electron chi connectivity index (χ1n) is 19.5. The highest BCUT2D eigenvalue weighted by molar-refractivity contribution is 6.12. The molecule has 0 aliphatic rings. The van der Waals surface area contributed by atoms with Crippen molar-refractivity contribution in [1.82, 2.24) is 9.13 Å². The van der Waals surface area contributed by atoms with Crippen LogP contribution in [0, 0.1) is 36.5 Å². The number of para-hydroxylation sites is 2. The third-order valence-electron chi connectivity index (χ3n) is 11.6. The van der Waals surface area contributed by atoms with Gasteiger partial charge in [-0.05, 0) is 108 Å². The lowest BCUT2D eigenvalue weighted by atomic mass is 9.94. The molecule has 10 rings (SSSR count). The lowest BCUT2D eigenvalue weighted by Gasteiger charge is -2.20. The van der Waals surface area contributed by atoms with Crippen molar-refractivity contribution in [3.8, 4) is 56.9 Å². The Hall–Kier alpha value is -7.87. The Balaban J connectivity index is 1.32. The number of nitriles is 2. The van der Waals surface area contributed by atoms with Crippen molar-refractivity contribution in [2.75, 3.05) is 0 Å². The molecule has 0 aliphatic heterocycles. The SMILES string of the molecule is Cc1ccc(-c2ccc3c(c2)c2ccccc2n3-c2cc(-c3ccc(C#N)cc3C(F)(F)F)cc(-n3c4ccccc4c4cc(-c5ccc(C)cc5)ccc43)c2C#N)cc1. The van der Waals surface area contributed by atoms with E-state index >= 15 is 13.2 Å². The summed E-state index contributed by atoms with van der Waals surface area (Å²) in [6.07, 6.45) is -4.77. The number of halogens is 3. The number of aryl methyl sites for hydroxylation is 2. The average molecular weight is 783 g/mol. The summed E-state index contributed by atoms with van der Waals surface area (Å²) in [5.74, 6) is 0. The zero-order valence-electron chi connectivity index (χ0n) is 32.5. The fourth-order valence-corrected chi connectivity index (χ4v) is 8.65. The third kappa shape index (κ3) is 5.91. The first-order valence-corrected chi connectivity index (χ1v) is 19.5. The van der Waals surface area contributed by atoms with Crippen LogP contribution in [0.2, 0.25) is 0 Å². The predicted molar refractivity (Wildman–Crippen MR) is 235 cm³/mol. The highest BCUT2D eigenvalue weighted by Gasteiger charge is 2.35. The van der Waals surface area contributed by atoms with Gasteiger partial charge in [0, 0.05) is 21.5 Å². The van der Waals surface area contributed by atoms with Gasteiger partial charge in [-0.2, -0.15) is 23.7 Å². The standard InChI is InChI=1S/C53H33F3N4/c1-32-11-16-35(17-12-32)37-20-23-49-43(26-37)41-7-3-5-9-47(41)59(49)51-28-39(40-22-15-34(30-57)25-46(40)53(54,55)56)29-52(45(51)31-58)60-48-10-6-4-8-42(48)44-27-38(21-24-50(44)60)36-18-13-33(2)14-19-36/h3-29H,1-2H3. The second kappa shape index (κ2) is 13.9. The molecule has 4 nitrogen and oxygen atoms in total. The number of nitrogens with zero attached hydrogens (tertiary/aromatic N) is 4. The number of aromatic nitrogens is 2. The van der Waals surface area contributed by atoms with Gasteiger partial charge in [-0.3, -0.25) is 0 Å². The molecule has 0 unspecified atom stereocenters. The van der Waals surface area contributed by atoms with E-state index < -0.39 is 11.7 Å². The monoisotopic (exact) mass is 782 g/mol. The molecule has 0 saturated carbocycles. The smallest absolute Gasteiger partial charge is 0.308 e. The zero-order chi connectivity index (χ0) is 41.3. The average Bonchev–Trinajstić information content (AvgIpc) is 3.78. The first-order chi connectivity index (χ1) is 29.1. The minimum absolute atomic E-state index is 0.0984. The van der Waals surface area contributed by atoms with Crippen LogP contribution in [-0.4, -0.2) is 9.13 Å². The lowest BCUT2D eigenvalue weighted by molar-refractivity contribution is -0.137. The van der Waals surface area contributed by atoms with Crippen LogP contribution < -0.4 is 0 Å². The van der Waals surface area contributed by atoms with Gasteiger partial charge in [0.2, 0.25) is 0 Å². The van der Waals surface area contributed by atoms with Crippen molar-refractivity contribution in [2.45, 2.75) is 20.0 Å². The molecule has 2 heterocycles.